The van der Waals surface area contributed by atoms with E-state index >= 15 is 0 Å². The van der Waals surface area contributed by atoms with Gasteiger partial charge >= 0.3 is 7.60 Å². The molecule has 0 aliphatic rings. The Labute approximate surface area is 101 Å². The molecule has 0 unspecified atom stereocenters. The average molecular weight is 256 g/mol. The summed E-state index contributed by atoms with van der Waals surface area (Å²) in [7, 11) is -3.16. The third-order valence-corrected chi connectivity index (χ3v) is 3.69. The highest BCUT2D eigenvalue weighted by Crippen LogP contribution is 2.50. The van der Waals surface area contributed by atoms with Gasteiger partial charge in [-0.15, -0.1) is 0 Å². The molecule has 0 saturated heterocycles. The molecule has 0 aliphatic heterocycles. The van der Waals surface area contributed by atoms with E-state index in [1.807, 2.05) is 0 Å². The Hall–Kier alpha value is -1.09. The lowest BCUT2D eigenvalue weighted by atomic mass is 10.2. The Morgan fingerprint density at radius 3 is 2.47 bits per heavy atom. The van der Waals surface area contributed by atoms with Gasteiger partial charge in [-0.3, -0.25) is 4.57 Å². The van der Waals surface area contributed by atoms with Gasteiger partial charge in [-0.25, -0.2) is 0 Å². The molecule has 0 radical (unpaired) electrons. The number of hydrogen-bond donors (Lipinski definition) is 1. The monoisotopic (exact) mass is 256 g/mol. The maximum absolute atomic E-state index is 12.1. The fraction of sp³-hybridized carbons (Fsp3) is 0.333. The maximum Gasteiger partial charge on any atom is 0.354 e. The van der Waals surface area contributed by atoms with Gasteiger partial charge in [0.15, 0.2) is 0 Å². The number of phenolic OH excluding ortho intramolecular Hbond substituents is 1. The summed E-state index contributed by atoms with van der Waals surface area (Å²) in [5, 5.41) is 9.28. The highest BCUT2D eigenvalue weighted by molar-refractivity contribution is 7.57. The summed E-state index contributed by atoms with van der Waals surface area (Å²) in [5.74, 6) is 1.57. The van der Waals surface area contributed by atoms with Crippen molar-refractivity contribution >= 4 is 13.7 Å². The zero-order valence-electron chi connectivity index (χ0n) is 10.00. The van der Waals surface area contributed by atoms with Crippen LogP contribution in [0.15, 0.2) is 30.1 Å². The quantitative estimate of drug-likeness (QED) is 0.789. The highest BCUT2D eigenvalue weighted by Gasteiger charge is 2.18. The minimum atomic E-state index is -3.16. The molecule has 0 bridgehead atoms. The molecule has 1 rings (SSSR count). The minimum absolute atomic E-state index is 0.162. The van der Waals surface area contributed by atoms with Crippen LogP contribution in [0.2, 0.25) is 0 Å². The van der Waals surface area contributed by atoms with Crippen LogP contribution in [0.1, 0.15) is 19.4 Å². The van der Waals surface area contributed by atoms with E-state index in [0.717, 1.165) is 5.56 Å². The molecule has 1 aromatic rings. The van der Waals surface area contributed by atoms with Crippen LogP contribution < -0.4 is 0 Å². The van der Waals surface area contributed by atoms with Crippen LogP contribution in [-0.2, 0) is 13.6 Å². The van der Waals surface area contributed by atoms with Crippen LogP contribution in [-0.4, -0.2) is 18.3 Å². The fourth-order valence-corrected chi connectivity index (χ4v) is 2.61. The van der Waals surface area contributed by atoms with Crippen molar-refractivity contribution in [2.75, 3.05) is 13.2 Å². The van der Waals surface area contributed by atoms with Gasteiger partial charge < -0.3 is 14.2 Å². The van der Waals surface area contributed by atoms with Gasteiger partial charge in [-0.1, -0.05) is 12.1 Å². The molecule has 0 spiro atoms. The lowest BCUT2D eigenvalue weighted by Gasteiger charge is -2.12. The van der Waals surface area contributed by atoms with Crippen molar-refractivity contribution in [2.24, 2.45) is 0 Å². The van der Waals surface area contributed by atoms with Crippen molar-refractivity contribution in [3.63, 3.8) is 0 Å². The summed E-state index contributed by atoms with van der Waals surface area (Å²) in [6.45, 7) is 4.16. The highest BCUT2D eigenvalue weighted by atomic mass is 31.2. The van der Waals surface area contributed by atoms with Gasteiger partial charge in [-0.2, -0.15) is 0 Å². The first-order valence-corrected chi connectivity index (χ1v) is 7.08. The van der Waals surface area contributed by atoms with E-state index in [1.165, 1.54) is 5.82 Å². The molecular weight excluding hydrogens is 239 g/mol. The Morgan fingerprint density at radius 2 is 1.94 bits per heavy atom. The molecule has 1 aromatic carbocycles. The van der Waals surface area contributed by atoms with Gasteiger partial charge in [0.1, 0.15) is 5.75 Å². The van der Waals surface area contributed by atoms with Gasteiger partial charge in [0, 0.05) is 5.82 Å². The molecule has 5 heteroatoms. The second-order valence-corrected chi connectivity index (χ2v) is 5.18. The maximum atomic E-state index is 12.1. The van der Waals surface area contributed by atoms with E-state index in [-0.39, 0.29) is 5.75 Å². The Bertz CT molecular complexity index is 418. The lowest BCUT2D eigenvalue weighted by Crippen LogP contribution is -1.92. The number of benzene rings is 1. The Balaban J connectivity index is 2.83. The summed E-state index contributed by atoms with van der Waals surface area (Å²) >= 11 is 0. The molecule has 94 valence electrons. The first-order valence-electron chi connectivity index (χ1n) is 5.46. The first-order chi connectivity index (χ1) is 8.09. The predicted molar refractivity (Wildman–Crippen MR) is 68.0 cm³/mol. The molecule has 0 saturated carbocycles. The third kappa shape index (κ3) is 4.73. The summed E-state index contributed by atoms with van der Waals surface area (Å²) < 4.78 is 22.3. The smallest absolute Gasteiger partial charge is 0.354 e. The van der Waals surface area contributed by atoms with E-state index in [9.17, 15) is 9.67 Å². The predicted octanol–water partition coefficient (Wildman–Crippen LogP) is 3.63. The first kappa shape index (κ1) is 14.0. The normalized spacial score (nSPS) is 12.1. The zero-order chi connectivity index (χ0) is 12.7. The molecular formula is C12H17O4P. The Kier molecular flexibility index (Phi) is 5.42. The van der Waals surface area contributed by atoms with Crippen molar-refractivity contribution in [3.8, 4) is 5.75 Å². The summed E-state index contributed by atoms with van der Waals surface area (Å²) in [6, 6.07) is 6.64. The summed E-state index contributed by atoms with van der Waals surface area (Å²) in [6.07, 6.45) is 1.62. The largest absolute Gasteiger partial charge is 0.508 e. The van der Waals surface area contributed by atoms with E-state index in [2.05, 4.69) is 0 Å². The van der Waals surface area contributed by atoms with Crippen molar-refractivity contribution in [3.05, 3.63) is 35.6 Å². The molecule has 17 heavy (non-hydrogen) atoms. The fourth-order valence-electron chi connectivity index (χ4n) is 1.29. The van der Waals surface area contributed by atoms with E-state index in [0.29, 0.717) is 13.2 Å². The van der Waals surface area contributed by atoms with Gasteiger partial charge in [0.2, 0.25) is 0 Å². The second-order valence-electron chi connectivity index (χ2n) is 3.29. The molecule has 0 amide bonds. The van der Waals surface area contributed by atoms with Gasteiger partial charge in [-0.05, 0) is 37.6 Å². The lowest BCUT2D eigenvalue weighted by molar-refractivity contribution is 0.229. The molecule has 4 nitrogen and oxygen atoms in total. The van der Waals surface area contributed by atoms with Crippen molar-refractivity contribution < 1.29 is 18.7 Å². The van der Waals surface area contributed by atoms with Crippen LogP contribution in [0.5, 0.6) is 5.75 Å². The van der Waals surface area contributed by atoms with Crippen molar-refractivity contribution in [1.29, 1.82) is 0 Å². The standard InChI is InChI=1S/C12H17O4P/c1-3-15-17(14,16-4-2)9-8-11-6-5-7-12(13)10-11/h5-10,13H,3-4H2,1-2H3/b9-8+. The molecule has 0 aromatic heterocycles. The van der Waals surface area contributed by atoms with Gasteiger partial charge in [0.25, 0.3) is 0 Å². The topological polar surface area (TPSA) is 55.8 Å². The molecule has 0 atom stereocenters. The van der Waals surface area contributed by atoms with Gasteiger partial charge in [0.05, 0.1) is 13.2 Å². The number of hydrogen-bond acceptors (Lipinski definition) is 4. The van der Waals surface area contributed by atoms with Crippen LogP contribution in [0.4, 0.5) is 0 Å². The van der Waals surface area contributed by atoms with Crippen LogP contribution in [0.3, 0.4) is 0 Å². The molecule has 0 fully saturated rings. The van der Waals surface area contributed by atoms with Crippen LogP contribution >= 0.6 is 7.60 Å². The third-order valence-electron chi connectivity index (χ3n) is 1.94. The second kappa shape index (κ2) is 6.60. The Morgan fingerprint density at radius 1 is 1.29 bits per heavy atom. The minimum Gasteiger partial charge on any atom is -0.508 e. The van der Waals surface area contributed by atoms with Crippen molar-refractivity contribution in [1.82, 2.24) is 0 Å². The number of rotatable bonds is 6. The SMILES string of the molecule is CCOP(=O)(/C=C/c1cccc(O)c1)OCC. The molecule has 1 N–H and O–H groups in total. The summed E-state index contributed by atoms with van der Waals surface area (Å²) in [4.78, 5) is 0. The number of phenols is 1. The average Bonchev–Trinajstić information content (AvgIpc) is 2.27. The van der Waals surface area contributed by atoms with Crippen molar-refractivity contribution in [2.45, 2.75) is 13.8 Å². The molecule has 0 heterocycles. The number of aromatic hydroxyl groups is 1. The van der Waals surface area contributed by atoms with E-state index in [4.69, 9.17) is 9.05 Å². The van der Waals surface area contributed by atoms with E-state index in [1.54, 1.807) is 44.2 Å². The summed E-state index contributed by atoms with van der Waals surface area (Å²) in [5.41, 5.74) is 0.740. The van der Waals surface area contributed by atoms with E-state index < -0.39 is 7.60 Å². The molecule has 0 aliphatic carbocycles. The van der Waals surface area contributed by atoms with Crippen LogP contribution in [0.25, 0.3) is 6.08 Å². The van der Waals surface area contributed by atoms with Crippen LogP contribution in [0, 0.1) is 0 Å². The zero-order valence-corrected chi connectivity index (χ0v) is 10.9.